The Morgan fingerprint density at radius 3 is 2.90 bits per heavy atom. The second-order valence-corrected chi connectivity index (χ2v) is 6.62. The lowest BCUT2D eigenvalue weighted by Gasteiger charge is -2.51. The molecule has 2 aliphatic rings. The van der Waals surface area contributed by atoms with Gasteiger partial charge in [0.15, 0.2) is 0 Å². The second kappa shape index (κ2) is 5.91. The minimum absolute atomic E-state index is 0. The molecule has 21 heavy (non-hydrogen) atoms. The number of piperidine rings is 1. The molecule has 2 N–H and O–H groups in total. The average molecular weight is 306 g/mol. The van der Waals surface area contributed by atoms with Gasteiger partial charge >= 0.3 is 0 Å². The van der Waals surface area contributed by atoms with Crippen LogP contribution in [0, 0.1) is 17.8 Å². The van der Waals surface area contributed by atoms with Crippen LogP contribution < -0.4 is 17.3 Å². The van der Waals surface area contributed by atoms with Crippen LogP contribution in [0.25, 0.3) is 0 Å². The van der Waals surface area contributed by atoms with Gasteiger partial charge in [-0.2, -0.15) is 0 Å². The molecule has 0 aromatic heterocycles. The maximum absolute atomic E-state index is 9.83. The molecule has 3 rings (SSSR count). The van der Waals surface area contributed by atoms with Crippen molar-refractivity contribution in [3.05, 3.63) is 29.3 Å². The van der Waals surface area contributed by atoms with Crippen molar-refractivity contribution in [2.24, 2.45) is 5.92 Å². The molecule has 2 nitrogen and oxygen atoms in total. The highest BCUT2D eigenvalue weighted by molar-refractivity contribution is 5.43. The van der Waals surface area contributed by atoms with E-state index in [9.17, 15) is 5.11 Å². The summed E-state index contributed by atoms with van der Waals surface area (Å²) in [5.74, 6) is 7.34. The first kappa shape index (κ1) is 16.2. The Bertz CT molecular complexity index is 589. The van der Waals surface area contributed by atoms with Gasteiger partial charge in [0, 0.05) is 24.2 Å². The van der Waals surface area contributed by atoms with Crippen molar-refractivity contribution in [1.29, 1.82) is 0 Å². The molecule has 1 aliphatic heterocycles. The van der Waals surface area contributed by atoms with Crippen LogP contribution in [0.2, 0.25) is 0 Å². The van der Waals surface area contributed by atoms with Gasteiger partial charge in [0.25, 0.3) is 0 Å². The van der Waals surface area contributed by atoms with Crippen LogP contribution in [0.3, 0.4) is 0 Å². The van der Waals surface area contributed by atoms with Gasteiger partial charge in [-0.05, 0) is 36.1 Å². The zero-order valence-corrected chi connectivity index (χ0v) is 13.8. The van der Waals surface area contributed by atoms with Crippen LogP contribution in [-0.2, 0) is 11.8 Å². The van der Waals surface area contributed by atoms with Crippen molar-refractivity contribution in [2.75, 3.05) is 13.1 Å². The molecule has 1 saturated heterocycles. The summed E-state index contributed by atoms with van der Waals surface area (Å²) in [6.45, 7) is 8.85. The number of halogens is 1. The number of phenols is 1. The molecule has 1 heterocycles. The first-order valence-corrected chi connectivity index (χ1v) is 7.63. The zero-order valence-electron chi connectivity index (χ0n) is 13.0. The summed E-state index contributed by atoms with van der Waals surface area (Å²) in [5, 5.41) is 9.83. The van der Waals surface area contributed by atoms with Gasteiger partial charge in [-0.1, -0.05) is 19.9 Å². The molecule has 1 aromatic rings. The Labute approximate surface area is 134 Å². The van der Waals surface area contributed by atoms with Crippen molar-refractivity contribution in [3.63, 3.8) is 0 Å². The molecule has 1 fully saturated rings. The summed E-state index contributed by atoms with van der Waals surface area (Å²) < 4.78 is 0. The third-order valence-corrected chi connectivity index (χ3v) is 5.74. The molecule has 0 spiro atoms. The molecule has 114 valence electrons. The predicted octanol–water partition coefficient (Wildman–Crippen LogP) is -1.47. The summed E-state index contributed by atoms with van der Waals surface area (Å²) >= 11 is 0. The van der Waals surface area contributed by atoms with Crippen LogP contribution in [0.15, 0.2) is 18.2 Å². The van der Waals surface area contributed by atoms with E-state index in [4.69, 9.17) is 0 Å². The molecule has 3 heteroatoms. The summed E-state index contributed by atoms with van der Waals surface area (Å²) in [6, 6.07) is 6.61. The summed E-state index contributed by atoms with van der Waals surface area (Å²) in [4.78, 5) is 1.64. The number of benzene rings is 1. The van der Waals surface area contributed by atoms with Crippen LogP contribution in [0.4, 0.5) is 0 Å². The van der Waals surface area contributed by atoms with Gasteiger partial charge in [-0.25, -0.2) is 0 Å². The number of aromatic hydroxyl groups is 1. The van der Waals surface area contributed by atoms with E-state index < -0.39 is 0 Å². The standard InChI is InChI=1S/C18H23NO.ClH/c1-4-5-9-19-10-8-18(3)13(2)17(19)11-14-6-7-15(20)12-16(14)18;/h6-7,12-13,17,20H,8-11H2,1-3H3;1H/t13-,17+,18+;/m0./s1. The fraction of sp³-hybridized carbons (Fsp3) is 0.556. The topological polar surface area (TPSA) is 24.7 Å². The van der Waals surface area contributed by atoms with Gasteiger partial charge in [0.05, 0.1) is 12.6 Å². The zero-order chi connectivity index (χ0) is 14.3. The first-order chi connectivity index (χ1) is 9.56. The number of fused-ring (bicyclic) bond motifs is 4. The van der Waals surface area contributed by atoms with E-state index >= 15 is 0 Å². The number of rotatable bonds is 1. The highest BCUT2D eigenvalue weighted by Gasteiger charge is 2.50. The molecule has 2 bridgehead atoms. The van der Waals surface area contributed by atoms with Crippen molar-refractivity contribution in [2.45, 2.75) is 45.1 Å². The van der Waals surface area contributed by atoms with Gasteiger partial charge in [0.1, 0.15) is 12.3 Å². The van der Waals surface area contributed by atoms with Crippen molar-refractivity contribution in [1.82, 2.24) is 0 Å². The predicted molar refractivity (Wildman–Crippen MR) is 80.9 cm³/mol. The molecule has 0 radical (unpaired) electrons. The first-order valence-electron chi connectivity index (χ1n) is 7.63. The van der Waals surface area contributed by atoms with E-state index in [1.807, 2.05) is 19.1 Å². The molecule has 0 amide bonds. The molecule has 4 atom stereocenters. The number of phenolic OH excluding ortho intramolecular Hbond substituents is 1. The Morgan fingerprint density at radius 2 is 2.19 bits per heavy atom. The maximum Gasteiger partial charge on any atom is 0.139 e. The van der Waals surface area contributed by atoms with Crippen molar-refractivity contribution in [3.8, 4) is 17.6 Å². The van der Waals surface area contributed by atoms with Gasteiger partial charge in [-0.15, -0.1) is 5.92 Å². The monoisotopic (exact) mass is 305 g/mol. The fourth-order valence-electron chi connectivity index (χ4n) is 4.26. The lowest BCUT2D eigenvalue weighted by Crippen LogP contribution is -3.18. The minimum atomic E-state index is 0. The number of quaternary nitrogens is 1. The van der Waals surface area contributed by atoms with E-state index in [1.165, 1.54) is 24.1 Å². The van der Waals surface area contributed by atoms with Crippen LogP contribution >= 0.6 is 0 Å². The Hall–Kier alpha value is -1.17. The summed E-state index contributed by atoms with van der Waals surface area (Å²) in [6.07, 6.45) is 2.30. The number of hydrogen-bond acceptors (Lipinski definition) is 1. The quantitative estimate of drug-likeness (QED) is 0.608. The lowest BCUT2D eigenvalue weighted by molar-refractivity contribution is -0.930. The van der Waals surface area contributed by atoms with E-state index in [-0.39, 0.29) is 17.8 Å². The van der Waals surface area contributed by atoms with Crippen molar-refractivity contribution >= 4 is 0 Å². The number of hydrogen-bond donors (Lipinski definition) is 2. The normalized spacial score (nSPS) is 33.2. The molecule has 1 aliphatic carbocycles. The van der Waals surface area contributed by atoms with E-state index in [0.29, 0.717) is 17.7 Å². The second-order valence-electron chi connectivity index (χ2n) is 6.62. The van der Waals surface area contributed by atoms with E-state index in [1.54, 1.807) is 4.90 Å². The van der Waals surface area contributed by atoms with Gasteiger partial charge < -0.3 is 22.4 Å². The number of likely N-dealkylation sites (tertiary alicyclic amines) is 1. The maximum atomic E-state index is 9.83. The average Bonchev–Trinajstić information content (AvgIpc) is 2.43. The highest BCUT2D eigenvalue weighted by atomic mass is 35.5. The van der Waals surface area contributed by atoms with E-state index in [2.05, 4.69) is 31.8 Å². The molecular formula is C18H24ClNO. The van der Waals surface area contributed by atoms with Gasteiger partial charge in [0.2, 0.25) is 0 Å². The SMILES string of the molecule is CC#CC[NH+]1CC[C@@]2(C)c3cc(O)ccc3C[C@@H]1[C@@H]2C.[Cl-]. The largest absolute Gasteiger partial charge is 1.00 e. The van der Waals surface area contributed by atoms with Gasteiger partial charge in [-0.3, -0.25) is 0 Å². The smallest absolute Gasteiger partial charge is 0.139 e. The van der Waals surface area contributed by atoms with Crippen LogP contribution in [0.1, 0.15) is 38.3 Å². The Balaban J connectivity index is 0.00000161. The lowest BCUT2D eigenvalue weighted by atomic mass is 9.59. The molecular weight excluding hydrogens is 282 g/mol. The summed E-state index contributed by atoms with van der Waals surface area (Å²) in [7, 11) is 0. The molecule has 1 unspecified atom stereocenters. The van der Waals surface area contributed by atoms with Crippen LogP contribution in [0.5, 0.6) is 5.75 Å². The highest BCUT2D eigenvalue weighted by Crippen LogP contribution is 2.45. The van der Waals surface area contributed by atoms with Crippen LogP contribution in [-0.4, -0.2) is 24.2 Å². The molecule has 1 aromatic carbocycles. The van der Waals surface area contributed by atoms with E-state index in [0.717, 1.165) is 13.0 Å². The Kier molecular flexibility index (Phi) is 4.56. The third kappa shape index (κ3) is 2.54. The Morgan fingerprint density at radius 1 is 1.43 bits per heavy atom. The summed E-state index contributed by atoms with van der Waals surface area (Å²) in [5.41, 5.74) is 3.01. The minimum Gasteiger partial charge on any atom is -1.00 e. The number of nitrogens with one attached hydrogen (secondary N) is 1. The molecule has 0 saturated carbocycles. The third-order valence-electron chi connectivity index (χ3n) is 5.74. The fourth-order valence-corrected chi connectivity index (χ4v) is 4.26. The van der Waals surface area contributed by atoms with Crippen molar-refractivity contribution < 1.29 is 22.4 Å².